The molecule has 0 aromatic heterocycles. The fraction of sp³-hybridized carbons (Fsp3) is 0.133. The van der Waals surface area contributed by atoms with Gasteiger partial charge in [0.1, 0.15) is 0 Å². The van der Waals surface area contributed by atoms with Crippen molar-refractivity contribution in [3.8, 4) is 17.2 Å². The van der Waals surface area contributed by atoms with Crippen LogP contribution in [-0.2, 0) is 12.6 Å². The predicted octanol–water partition coefficient (Wildman–Crippen LogP) is 5.09. The first-order valence-corrected chi connectivity index (χ1v) is 6.12. The zero-order valence-corrected chi connectivity index (χ0v) is 11.0. The third-order valence-electron chi connectivity index (χ3n) is 2.84. The Hall–Kier alpha value is -1.99. The number of hydrogen-bond donors (Lipinski definition) is 0. The summed E-state index contributed by atoms with van der Waals surface area (Å²) in [5.74, 6) is 0. The van der Waals surface area contributed by atoms with Gasteiger partial charge < -0.3 is 0 Å². The van der Waals surface area contributed by atoms with E-state index in [-0.39, 0.29) is 6.42 Å². The highest BCUT2D eigenvalue weighted by Gasteiger charge is 2.30. The van der Waals surface area contributed by atoms with Crippen molar-refractivity contribution in [3.05, 3.63) is 58.6 Å². The average Bonchev–Trinajstić information content (AvgIpc) is 2.40. The Morgan fingerprint density at radius 2 is 1.85 bits per heavy atom. The molecule has 102 valence electrons. The fourth-order valence-corrected chi connectivity index (χ4v) is 2.09. The highest BCUT2D eigenvalue weighted by molar-refractivity contribution is 6.30. The Morgan fingerprint density at radius 1 is 1.10 bits per heavy atom. The van der Waals surface area contributed by atoms with Crippen LogP contribution in [0.5, 0.6) is 0 Å². The number of rotatable bonds is 2. The molecule has 0 saturated carbocycles. The van der Waals surface area contributed by atoms with Crippen molar-refractivity contribution in [1.29, 1.82) is 5.26 Å². The molecule has 0 unspecified atom stereocenters. The molecule has 1 nitrogen and oxygen atoms in total. The minimum atomic E-state index is -4.40. The summed E-state index contributed by atoms with van der Waals surface area (Å²) in [6.07, 6.45) is -4.28. The molecular weight excluding hydrogens is 287 g/mol. The van der Waals surface area contributed by atoms with Crippen LogP contribution in [0.25, 0.3) is 11.1 Å². The lowest BCUT2D eigenvalue weighted by molar-refractivity contribution is -0.137. The summed E-state index contributed by atoms with van der Waals surface area (Å²) in [5, 5.41) is 9.20. The smallest absolute Gasteiger partial charge is 0.198 e. The van der Waals surface area contributed by atoms with E-state index < -0.39 is 11.7 Å². The number of halogens is 4. The van der Waals surface area contributed by atoms with Gasteiger partial charge in [0.15, 0.2) is 0 Å². The molecule has 0 aliphatic carbocycles. The summed E-state index contributed by atoms with van der Waals surface area (Å²) >= 11 is 5.89. The van der Waals surface area contributed by atoms with Gasteiger partial charge in [0.25, 0.3) is 0 Å². The van der Waals surface area contributed by atoms with Crippen molar-refractivity contribution in [1.82, 2.24) is 0 Å². The maximum absolute atomic E-state index is 12.7. The van der Waals surface area contributed by atoms with Gasteiger partial charge in [0, 0.05) is 5.02 Å². The second-order valence-electron chi connectivity index (χ2n) is 4.21. The topological polar surface area (TPSA) is 23.8 Å². The summed E-state index contributed by atoms with van der Waals surface area (Å²) in [5.41, 5.74) is 0.867. The summed E-state index contributed by atoms with van der Waals surface area (Å²) in [7, 11) is 0. The Balaban J connectivity index is 2.57. The lowest BCUT2D eigenvalue weighted by atomic mass is 9.96. The van der Waals surface area contributed by atoms with E-state index in [0.717, 1.165) is 12.1 Å². The average molecular weight is 296 g/mol. The Kier molecular flexibility index (Phi) is 4.01. The van der Waals surface area contributed by atoms with E-state index in [1.165, 1.54) is 6.07 Å². The fourth-order valence-electron chi connectivity index (χ4n) is 1.92. The van der Waals surface area contributed by atoms with Gasteiger partial charge in [-0.05, 0) is 41.0 Å². The molecule has 0 aliphatic rings. The van der Waals surface area contributed by atoms with Crippen LogP contribution in [0.4, 0.5) is 13.2 Å². The van der Waals surface area contributed by atoms with E-state index in [9.17, 15) is 13.2 Å². The van der Waals surface area contributed by atoms with E-state index in [0.29, 0.717) is 21.7 Å². The van der Waals surface area contributed by atoms with Gasteiger partial charge in [-0.1, -0.05) is 29.8 Å². The molecule has 0 spiro atoms. The lowest BCUT2D eigenvalue weighted by Gasteiger charge is -2.11. The zero-order valence-electron chi connectivity index (χ0n) is 10.2. The van der Waals surface area contributed by atoms with Crippen LogP contribution in [0.15, 0.2) is 42.5 Å². The van der Waals surface area contributed by atoms with E-state index in [4.69, 9.17) is 16.9 Å². The molecule has 0 amide bonds. The van der Waals surface area contributed by atoms with Crippen molar-refractivity contribution in [2.24, 2.45) is 0 Å². The van der Waals surface area contributed by atoms with Gasteiger partial charge >= 0.3 is 6.18 Å². The largest absolute Gasteiger partial charge is 0.416 e. The third kappa shape index (κ3) is 3.12. The van der Waals surface area contributed by atoms with Crippen LogP contribution in [0.1, 0.15) is 11.1 Å². The highest BCUT2D eigenvalue weighted by Crippen LogP contribution is 2.34. The Morgan fingerprint density at radius 3 is 2.50 bits per heavy atom. The lowest BCUT2D eigenvalue weighted by Crippen LogP contribution is -2.04. The maximum Gasteiger partial charge on any atom is 0.416 e. The molecule has 5 heteroatoms. The summed E-state index contributed by atoms with van der Waals surface area (Å²) in [6, 6.07) is 11.8. The number of alkyl halides is 3. The summed E-state index contributed by atoms with van der Waals surface area (Å²) < 4.78 is 38.2. The molecule has 0 aliphatic heterocycles. The second kappa shape index (κ2) is 5.56. The van der Waals surface area contributed by atoms with Crippen LogP contribution in [0, 0.1) is 11.3 Å². The van der Waals surface area contributed by atoms with Gasteiger partial charge in [-0.25, -0.2) is 0 Å². The molecule has 0 N–H and O–H groups in total. The van der Waals surface area contributed by atoms with Crippen LogP contribution in [0.3, 0.4) is 0 Å². The first-order valence-electron chi connectivity index (χ1n) is 5.75. The van der Waals surface area contributed by atoms with E-state index in [1.807, 2.05) is 6.07 Å². The van der Waals surface area contributed by atoms with Crippen molar-refractivity contribution < 1.29 is 13.2 Å². The molecular formula is C15H9ClF3N. The minimum absolute atomic E-state index is 0.114. The van der Waals surface area contributed by atoms with Crippen LogP contribution in [-0.4, -0.2) is 0 Å². The molecule has 0 saturated heterocycles. The predicted molar refractivity (Wildman–Crippen MR) is 71.2 cm³/mol. The van der Waals surface area contributed by atoms with Gasteiger partial charge in [-0.2, -0.15) is 18.4 Å². The van der Waals surface area contributed by atoms with E-state index >= 15 is 0 Å². The van der Waals surface area contributed by atoms with Crippen LogP contribution >= 0.6 is 11.6 Å². The molecule has 0 atom stereocenters. The molecule has 20 heavy (non-hydrogen) atoms. The monoisotopic (exact) mass is 295 g/mol. The highest BCUT2D eigenvalue weighted by atomic mass is 35.5. The van der Waals surface area contributed by atoms with Gasteiger partial charge in [-0.15, -0.1) is 0 Å². The molecule has 2 aromatic carbocycles. The first-order chi connectivity index (χ1) is 9.41. The Labute approximate surface area is 119 Å². The van der Waals surface area contributed by atoms with Crippen molar-refractivity contribution in [2.45, 2.75) is 12.6 Å². The number of hydrogen-bond acceptors (Lipinski definition) is 1. The second-order valence-corrected chi connectivity index (χ2v) is 4.65. The first kappa shape index (κ1) is 14.4. The minimum Gasteiger partial charge on any atom is -0.198 e. The normalized spacial score (nSPS) is 11.2. The molecule has 2 aromatic rings. The van der Waals surface area contributed by atoms with Gasteiger partial charge in [0.05, 0.1) is 18.1 Å². The molecule has 0 fully saturated rings. The molecule has 2 rings (SSSR count). The van der Waals surface area contributed by atoms with Crippen molar-refractivity contribution in [3.63, 3.8) is 0 Å². The van der Waals surface area contributed by atoms with E-state index in [1.54, 1.807) is 24.3 Å². The SMILES string of the molecule is N#CCc1ccc(Cl)cc1-c1cccc(C(F)(F)F)c1. The van der Waals surface area contributed by atoms with Gasteiger partial charge in [-0.3, -0.25) is 0 Å². The number of benzene rings is 2. The standard InChI is InChI=1S/C15H9ClF3N/c16-13-5-4-10(6-7-20)14(9-13)11-2-1-3-12(8-11)15(17,18)19/h1-5,8-9H,6H2. The summed E-state index contributed by atoms with van der Waals surface area (Å²) in [4.78, 5) is 0. The quantitative estimate of drug-likeness (QED) is 0.757. The van der Waals surface area contributed by atoms with Gasteiger partial charge in [0.2, 0.25) is 0 Å². The molecule has 0 heterocycles. The van der Waals surface area contributed by atoms with Crippen molar-refractivity contribution >= 4 is 11.6 Å². The van der Waals surface area contributed by atoms with Crippen LogP contribution in [0.2, 0.25) is 5.02 Å². The number of nitrogens with zero attached hydrogens (tertiary/aromatic N) is 1. The molecule has 0 radical (unpaired) electrons. The van der Waals surface area contributed by atoms with Crippen LogP contribution < -0.4 is 0 Å². The third-order valence-corrected chi connectivity index (χ3v) is 3.08. The van der Waals surface area contributed by atoms with Crippen molar-refractivity contribution in [2.75, 3.05) is 0 Å². The number of nitriles is 1. The zero-order chi connectivity index (χ0) is 14.8. The van der Waals surface area contributed by atoms with E-state index in [2.05, 4.69) is 0 Å². The summed E-state index contributed by atoms with van der Waals surface area (Å²) in [6.45, 7) is 0. The molecule has 0 bridgehead atoms. The maximum atomic E-state index is 12.7. The Bertz CT molecular complexity index is 672.